The molecule has 188 valence electrons. The molecule has 0 spiro atoms. The number of aromatic carboxylic acids is 1. The number of carboxylic acid groups (broad SMARTS) is 1. The van der Waals surface area contributed by atoms with Crippen LogP contribution in [0, 0.1) is 6.92 Å². The molecule has 2 aromatic carbocycles. The van der Waals surface area contributed by atoms with Crippen LogP contribution < -0.4 is 4.74 Å². The highest BCUT2D eigenvalue weighted by Crippen LogP contribution is 2.56. The summed E-state index contributed by atoms with van der Waals surface area (Å²) in [6.45, 7) is 2.32. The van der Waals surface area contributed by atoms with Crippen molar-refractivity contribution in [3.63, 3.8) is 0 Å². The van der Waals surface area contributed by atoms with Crippen molar-refractivity contribution in [3.05, 3.63) is 98.5 Å². The third kappa shape index (κ3) is 4.72. The summed E-state index contributed by atoms with van der Waals surface area (Å²) in [4.78, 5) is 15.1. The number of carbonyl (C=O) groups is 1. The Hall–Kier alpha value is -3.35. The summed E-state index contributed by atoms with van der Waals surface area (Å²) in [6.07, 6.45) is 4.76. The van der Waals surface area contributed by atoms with Crippen molar-refractivity contribution in [2.75, 3.05) is 0 Å². The second-order valence-corrected chi connectivity index (χ2v) is 10.6. The van der Waals surface area contributed by atoms with Gasteiger partial charge in [0.25, 0.3) is 0 Å². The zero-order chi connectivity index (χ0) is 25.7. The van der Waals surface area contributed by atoms with Crippen molar-refractivity contribution < 1.29 is 19.2 Å². The van der Waals surface area contributed by atoms with Crippen LogP contribution in [0.15, 0.2) is 59.3 Å². The maximum atomic E-state index is 11.1. The number of ether oxygens (including phenoxy) is 1. The quantitative estimate of drug-likeness (QED) is 0.248. The molecule has 2 aliphatic carbocycles. The summed E-state index contributed by atoms with van der Waals surface area (Å²) in [5, 5.41) is 14.7. The summed E-state index contributed by atoms with van der Waals surface area (Å²) in [5.41, 5.74) is 5.69. The van der Waals surface area contributed by atoms with E-state index in [0.717, 1.165) is 58.5 Å². The van der Waals surface area contributed by atoms with Gasteiger partial charge >= 0.3 is 5.97 Å². The van der Waals surface area contributed by atoms with E-state index in [-0.39, 0.29) is 17.5 Å². The monoisotopic (exact) mass is 534 g/mol. The smallest absolute Gasteiger partial charge is 0.354 e. The van der Waals surface area contributed by atoms with Crippen molar-refractivity contribution in [1.82, 2.24) is 10.1 Å². The van der Waals surface area contributed by atoms with E-state index in [0.29, 0.717) is 28.3 Å². The SMILES string of the molecule is Cc1cccc(Cl)c1-c1noc(C2CC2)c1COc1ccc(C2CC2c2ccc(C(=O)O)nc2)c(Cl)c1. The number of benzene rings is 2. The molecule has 2 unspecified atom stereocenters. The van der Waals surface area contributed by atoms with E-state index in [1.165, 1.54) is 0 Å². The van der Waals surface area contributed by atoms with Gasteiger partial charge in [0, 0.05) is 22.7 Å². The van der Waals surface area contributed by atoms with Gasteiger partial charge in [0.2, 0.25) is 0 Å². The van der Waals surface area contributed by atoms with Gasteiger partial charge in [-0.15, -0.1) is 0 Å². The Labute approximate surface area is 224 Å². The molecule has 1 N–H and O–H groups in total. The Morgan fingerprint density at radius 3 is 2.62 bits per heavy atom. The molecule has 8 heteroatoms. The number of halogens is 2. The van der Waals surface area contributed by atoms with Gasteiger partial charge in [-0.1, -0.05) is 52.6 Å². The van der Waals surface area contributed by atoms with Crippen LogP contribution in [0.3, 0.4) is 0 Å². The van der Waals surface area contributed by atoms with Gasteiger partial charge < -0.3 is 14.4 Å². The Morgan fingerprint density at radius 1 is 1.11 bits per heavy atom. The fourth-order valence-corrected chi connectivity index (χ4v) is 5.59. The summed E-state index contributed by atoms with van der Waals surface area (Å²) < 4.78 is 12.0. The first-order chi connectivity index (χ1) is 17.9. The van der Waals surface area contributed by atoms with Gasteiger partial charge in [0.05, 0.1) is 10.6 Å². The Bertz CT molecular complexity index is 1470. The van der Waals surface area contributed by atoms with Gasteiger partial charge in [-0.25, -0.2) is 9.78 Å². The predicted octanol–water partition coefficient (Wildman–Crippen LogP) is 7.78. The maximum absolute atomic E-state index is 11.1. The number of pyridine rings is 1. The van der Waals surface area contributed by atoms with Crippen LogP contribution in [-0.4, -0.2) is 21.2 Å². The third-order valence-corrected chi connectivity index (χ3v) is 7.85. The van der Waals surface area contributed by atoms with Crippen LogP contribution in [0.5, 0.6) is 5.75 Å². The number of nitrogens with zero attached hydrogens (tertiary/aromatic N) is 2. The maximum Gasteiger partial charge on any atom is 0.354 e. The zero-order valence-corrected chi connectivity index (χ0v) is 21.6. The van der Waals surface area contributed by atoms with Crippen LogP contribution in [0.1, 0.15) is 75.5 Å². The molecule has 2 aromatic heterocycles. The van der Waals surface area contributed by atoms with Gasteiger partial charge in [0.1, 0.15) is 29.5 Å². The van der Waals surface area contributed by atoms with E-state index < -0.39 is 5.97 Å². The molecular weight excluding hydrogens is 511 g/mol. The van der Waals surface area contributed by atoms with Crippen LogP contribution in [0.4, 0.5) is 0 Å². The lowest BCUT2D eigenvalue weighted by molar-refractivity contribution is 0.0690. The number of carboxylic acids is 1. The Kier molecular flexibility index (Phi) is 6.17. The summed E-state index contributed by atoms with van der Waals surface area (Å²) in [7, 11) is 0. The topological polar surface area (TPSA) is 85.5 Å². The lowest BCUT2D eigenvalue weighted by Gasteiger charge is -2.12. The van der Waals surface area contributed by atoms with Crippen LogP contribution in [-0.2, 0) is 6.61 Å². The highest BCUT2D eigenvalue weighted by atomic mass is 35.5. The number of rotatable bonds is 8. The molecule has 6 rings (SSSR count). The Morgan fingerprint density at radius 2 is 1.95 bits per heavy atom. The molecule has 2 heterocycles. The molecule has 0 amide bonds. The molecule has 4 aromatic rings. The average molecular weight is 535 g/mol. The van der Waals surface area contributed by atoms with E-state index in [2.05, 4.69) is 10.1 Å². The fraction of sp³-hybridized carbons (Fsp3) is 0.276. The highest BCUT2D eigenvalue weighted by Gasteiger charge is 2.41. The molecular formula is C29H24Cl2N2O4. The van der Waals surface area contributed by atoms with Crippen molar-refractivity contribution in [1.29, 1.82) is 0 Å². The summed E-state index contributed by atoms with van der Waals surface area (Å²) in [5.74, 6) is 1.44. The van der Waals surface area contributed by atoms with E-state index in [1.807, 2.05) is 49.4 Å². The minimum absolute atomic E-state index is 0.0472. The number of aryl methyl sites for hydroxylation is 1. The van der Waals surface area contributed by atoms with Crippen molar-refractivity contribution in [2.45, 2.75) is 50.5 Å². The lowest BCUT2D eigenvalue weighted by Crippen LogP contribution is -2.01. The average Bonchev–Trinajstić information content (AvgIpc) is 3.81. The normalized spacial score (nSPS) is 18.6. The number of hydrogen-bond donors (Lipinski definition) is 1. The minimum atomic E-state index is -1.03. The largest absolute Gasteiger partial charge is 0.489 e. The summed E-state index contributed by atoms with van der Waals surface area (Å²) in [6, 6.07) is 15.0. The highest BCUT2D eigenvalue weighted by molar-refractivity contribution is 6.33. The Balaban J connectivity index is 1.19. The summed E-state index contributed by atoms with van der Waals surface area (Å²) >= 11 is 13.2. The number of aromatic nitrogens is 2. The zero-order valence-electron chi connectivity index (χ0n) is 20.1. The first-order valence-corrected chi connectivity index (χ1v) is 13.0. The van der Waals surface area contributed by atoms with Gasteiger partial charge in [-0.05, 0) is 79.0 Å². The molecule has 6 nitrogen and oxygen atoms in total. The molecule has 2 saturated carbocycles. The molecule has 0 bridgehead atoms. The molecule has 2 fully saturated rings. The van der Waals surface area contributed by atoms with E-state index in [4.69, 9.17) is 37.6 Å². The van der Waals surface area contributed by atoms with Crippen molar-refractivity contribution >= 4 is 29.2 Å². The molecule has 2 aliphatic rings. The predicted molar refractivity (Wildman–Crippen MR) is 141 cm³/mol. The first-order valence-electron chi connectivity index (χ1n) is 12.3. The van der Waals surface area contributed by atoms with Crippen LogP contribution in [0.25, 0.3) is 11.3 Å². The van der Waals surface area contributed by atoms with Crippen molar-refractivity contribution in [3.8, 4) is 17.0 Å². The fourth-order valence-electron chi connectivity index (χ4n) is 4.97. The molecule has 0 saturated heterocycles. The van der Waals surface area contributed by atoms with Crippen LogP contribution in [0.2, 0.25) is 10.0 Å². The van der Waals surface area contributed by atoms with Gasteiger partial charge in [-0.3, -0.25) is 0 Å². The second-order valence-electron chi connectivity index (χ2n) is 9.78. The first kappa shape index (κ1) is 24.0. The molecule has 37 heavy (non-hydrogen) atoms. The van der Waals surface area contributed by atoms with Gasteiger partial charge in [-0.2, -0.15) is 0 Å². The van der Waals surface area contributed by atoms with E-state index in [1.54, 1.807) is 12.3 Å². The van der Waals surface area contributed by atoms with Crippen molar-refractivity contribution in [2.24, 2.45) is 0 Å². The number of hydrogen-bond acceptors (Lipinski definition) is 5. The minimum Gasteiger partial charge on any atom is -0.489 e. The van der Waals surface area contributed by atoms with E-state index in [9.17, 15) is 4.79 Å². The lowest BCUT2D eigenvalue weighted by atomic mass is 10.0. The second kappa shape index (κ2) is 9.51. The molecule has 2 atom stereocenters. The molecule has 0 aliphatic heterocycles. The van der Waals surface area contributed by atoms with E-state index >= 15 is 0 Å². The van der Waals surface area contributed by atoms with Crippen LogP contribution >= 0.6 is 23.2 Å². The molecule has 0 radical (unpaired) electrons. The standard InChI is InChI=1S/C29H24Cl2N2O4/c1-15-3-2-4-23(30)26(15)27-22(28(37-33-27)16-5-6-16)14-36-18-8-9-19(24(31)11-18)21-12-20(21)17-7-10-25(29(34)35)32-13-17/h2-4,7-11,13,16,20-21H,5-6,12,14H2,1H3,(H,34,35). The third-order valence-electron chi connectivity index (χ3n) is 7.20. The van der Waals surface area contributed by atoms with Gasteiger partial charge in [0.15, 0.2) is 0 Å².